The van der Waals surface area contributed by atoms with Crippen LogP contribution in [0, 0.1) is 5.92 Å². The number of nitrogens with zero attached hydrogens (tertiary/aromatic N) is 1. The van der Waals surface area contributed by atoms with E-state index in [9.17, 15) is 4.79 Å². The van der Waals surface area contributed by atoms with Crippen LogP contribution >= 0.6 is 0 Å². The lowest BCUT2D eigenvalue weighted by atomic mass is 9.89. The maximum atomic E-state index is 12.8. The van der Waals surface area contributed by atoms with Gasteiger partial charge < -0.3 is 16.0 Å². The van der Waals surface area contributed by atoms with Gasteiger partial charge in [0.1, 0.15) is 5.54 Å². The van der Waals surface area contributed by atoms with E-state index in [1.807, 2.05) is 49.2 Å². The monoisotopic (exact) mass is 275 g/mol. The van der Waals surface area contributed by atoms with Gasteiger partial charge in [0, 0.05) is 13.1 Å². The van der Waals surface area contributed by atoms with Gasteiger partial charge >= 0.3 is 0 Å². The molecule has 0 bridgehead atoms. The molecule has 1 aliphatic rings. The van der Waals surface area contributed by atoms with Gasteiger partial charge in [0.15, 0.2) is 0 Å². The van der Waals surface area contributed by atoms with E-state index in [0.29, 0.717) is 5.92 Å². The third-order valence-electron chi connectivity index (χ3n) is 4.12. The Bertz CT molecular complexity index is 442. The van der Waals surface area contributed by atoms with Crippen LogP contribution in [-0.4, -0.2) is 37.5 Å². The summed E-state index contributed by atoms with van der Waals surface area (Å²) < 4.78 is 0. The number of amides is 1. The summed E-state index contributed by atoms with van der Waals surface area (Å²) in [5.74, 6) is 0.564. The van der Waals surface area contributed by atoms with E-state index < -0.39 is 5.54 Å². The summed E-state index contributed by atoms with van der Waals surface area (Å²) >= 11 is 0. The maximum Gasteiger partial charge on any atom is 0.246 e. The van der Waals surface area contributed by atoms with Crippen LogP contribution in [0.15, 0.2) is 30.3 Å². The van der Waals surface area contributed by atoms with E-state index in [0.717, 1.165) is 31.6 Å². The SMILES string of the molecule is CNCC1CCCN(C(=O)C(C)(N)c2ccccc2)C1. The minimum atomic E-state index is -0.942. The predicted octanol–water partition coefficient (Wildman–Crippen LogP) is 1.32. The predicted molar refractivity (Wildman–Crippen MR) is 81.2 cm³/mol. The van der Waals surface area contributed by atoms with Gasteiger partial charge in [-0.15, -0.1) is 0 Å². The molecule has 0 aromatic heterocycles. The van der Waals surface area contributed by atoms with Crippen molar-refractivity contribution < 1.29 is 4.79 Å². The molecule has 1 heterocycles. The molecule has 2 atom stereocenters. The van der Waals surface area contributed by atoms with Crippen LogP contribution in [-0.2, 0) is 10.3 Å². The summed E-state index contributed by atoms with van der Waals surface area (Å²) in [7, 11) is 1.96. The van der Waals surface area contributed by atoms with Gasteiger partial charge in [-0.2, -0.15) is 0 Å². The third-order valence-corrected chi connectivity index (χ3v) is 4.12. The molecule has 2 unspecified atom stereocenters. The van der Waals surface area contributed by atoms with Crippen LogP contribution in [0.5, 0.6) is 0 Å². The summed E-state index contributed by atoms with van der Waals surface area (Å²) in [5.41, 5.74) is 6.26. The highest BCUT2D eigenvalue weighted by atomic mass is 16.2. The molecular weight excluding hydrogens is 250 g/mol. The topological polar surface area (TPSA) is 58.4 Å². The highest BCUT2D eigenvalue weighted by molar-refractivity contribution is 5.87. The zero-order valence-corrected chi connectivity index (χ0v) is 12.4. The van der Waals surface area contributed by atoms with E-state index in [1.165, 1.54) is 6.42 Å². The summed E-state index contributed by atoms with van der Waals surface area (Å²) in [4.78, 5) is 14.7. The number of nitrogens with one attached hydrogen (secondary N) is 1. The Balaban J connectivity index is 2.10. The van der Waals surface area contributed by atoms with Crippen LogP contribution in [0.1, 0.15) is 25.3 Å². The van der Waals surface area contributed by atoms with E-state index in [1.54, 1.807) is 0 Å². The quantitative estimate of drug-likeness (QED) is 0.871. The lowest BCUT2D eigenvalue weighted by molar-refractivity contribution is -0.138. The van der Waals surface area contributed by atoms with Gasteiger partial charge in [-0.1, -0.05) is 30.3 Å². The minimum Gasteiger partial charge on any atom is -0.340 e. The molecule has 2 rings (SSSR count). The molecule has 0 aliphatic carbocycles. The fourth-order valence-corrected chi connectivity index (χ4v) is 2.94. The molecule has 1 aromatic carbocycles. The van der Waals surface area contributed by atoms with Crippen molar-refractivity contribution in [1.29, 1.82) is 0 Å². The Hall–Kier alpha value is -1.39. The lowest BCUT2D eigenvalue weighted by Gasteiger charge is -2.37. The number of hydrogen-bond donors (Lipinski definition) is 2. The van der Waals surface area contributed by atoms with E-state index in [-0.39, 0.29) is 5.91 Å². The summed E-state index contributed by atoms with van der Waals surface area (Å²) in [6, 6.07) is 9.63. The molecule has 1 aliphatic heterocycles. The normalized spacial score (nSPS) is 22.4. The van der Waals surface area contributed by atoms with Crippen molar-refractivity contribution in [2.75, 3.05) is 26.7 Å². The molecule has 1 fully saturated rings. The second kappa shape index (κ2) is 6.37. The van der Waals surface area contributed by atoms with Crippen LogP contribution in [0.4, 0.5) is 0 Å². The number of likely N-dealkylation sites (tertiary alicyclic amines) is 1. The number of carbonyl (C=O) groups is 1. The van der Waals surface area contributed by atoms with Crippen molar-refractivity contribution in [1.82, 2.24) is 10.2 Å². The van der Waals surface area contributed by atoms with Crippen LogP contribution < -0.4 is 11.1 Å². The van der Waals surface area contributed by atoms with Crippen molar-refractivity contribution in [3.63, 3.8) is 0 Å². The van der Waals surface area contributed by atoms with Crippen LogP contribution in [0.3, 0.4) is 0 Å². The van der Waals surface area contributed by atoms with Gasteiger partial charge in [-0.05, 0) is 44.8 Å². The number of benzene rings is 1. The first-order valence-corrected chi connectivity index (χ1v) is 7.34. The Morgan fingerprint density at radius 2 is 2.15 bits per heavy atom. The van der Waals surface area contributed by atoms with Crippen molar-refractivity contribution >= 4 is 5.91 Å². The molecule has 0 radical (unpaired) electrons. The number of hydrogen-bond acceptors (Lipinski definition) is 3. The third kappa shape index (κ3) is 3.19. The van der Waals surface area contributed by atoms with E-state index >= 15 is 0 Å². The second-order valence-corrected chi connectivity index (χ2v) is 5.89. The molecule has 3 N–H and O–H groups in total. The number of carbonyl (C=O) groups excluding carboxylic acids is 1. The minimum absolute atomic E-state index is 0.0319. The lowest BCUT2D eigenvalue weighted by Crippen LogP contribution is -2.54. The number of piperidine rings is 1. The Kier molecular flexibility index (Phi) is 4.78. The zero-order chi connectivity index (χ0) is 14.6. The smallest absolute Gasteiger partial charge is 0.246 e. The second-order valence-electron chi connectivity index (χ2n) is 5.89. The number of nitrogens with two attached hydrogens (primary N) is 1. The Morgan fingerprint density at radius 3 is 2.80 bits per heavy atom. The van der Waals surface area contributed by atoms with Crippen molar-refractivity contribution in [2.24, 2.45) is 11.7 Å². The first-order valence-electron chi connectivity index (χ1n) is 7.34. The molecular formula is C16H25N3O. The largest absolute Gasteiger partial charge is 0.340 e. The van der Waals surface area contributed by atoms with Gasteiger partial charge in [0.05, 0.1) is 0 Å². The Labute approximate surface area is 121 Å². The molecule has 110 valence electrons. The van der Waals surface area contributed by atoms with Gasteiger partial charge in [0.2, 0.25) is 5.91 Å². The highest BCUT2D eigenvalue weighted by Gasteiger charge is 2.36. The average Bonchev–Trinajstić information content (AvgIpc) is 2.48. The molecule has 4 heteroatoms. The molecule has 20 heavy (non-hydrogen) atoms. The molecule has 0 spiro atoms. The summed E-state index contributed by atoms with van der Waals surface area (Å²) in [6.45, 7) is 4.39. The van der Waals surface area contributed by atoms with Gasteiger partial charge in [-0.3, -0.25) is 4.79 Å². The van der Waals surface area contributed by atoms with Crippen LogP contribution in [0.25, 0.3) is 0 Å². The first kappa shape index (κ1) is 15.0. The van der Waals surface area contributed by atoms with Crippen LogP contribution in [0.2, 0.25) is 0 Å². The fraction of sp³-hybridized carbons (Fsp3) is 0.562. The summed E-state index contributed by atoms with van der Waals surface area (Å²) in [5, 5.41) is 3.20. The molecule has 1 aromatic rings. The fourth-order valence-electron chi connectivity index (χ4n) is 2.94. The maximum absolute atomic E-state index is 12.8. The molecule has 1 saturated heterocycles. The first-order chi connectivity index (χ1) is 9.55. The van der Waals surface area contributed by atoms with E-state index in [2.05, 4.69) is 5.32 Å². The zero-order valence-electron chi connectivity index (χ0n) is 12.4. The van der Waals surface area contributed by atoms with Crippen molar-refractivity contribution in [3.8, 4) is 0 Å². The highest BCUT2D eigenvalue weighted by Crippen LogP contribution is 2.24. The average molecular weight is 275 g/mol. The molecule has 1 amide bonds. The van der Waals surface area contributed by atoms with Gasteiger partial charge in [0.25, 0.3) is 0 Å². The van der Waals surface area contributed by atoms with E-state index in [4.69, 9.17) is 5.73 Å². The van der Waals surface area contributed by atoms with Crippen molar-refractivity contribution in [3.05, 3.63) is 35.9 Å². The molecule has 4 nitrogen and oxygen atoms in total. The number of rotatable bonds is 4. The van der Waals surface area contributed by atoms with Crippen molar-refractivity contribution in [2.45, 2.75) is 25.3 Å². The van der Waals surface area contributed by atoms with Gasteiger partial charge in [-0.25, -0.2) is 0 Å². The standard InChI is InChI=1S/C16H25N3O/c1-16(17,14-8-4-3-5-9-14)15(20)19-10-6-7-13(12-19)11-18-2/h3-5,8-9,13,18H,6-7,10-12,17H2,1-2H3. The molecule has 0 saturated carbocycles. The Morgan fingerprint density at radius 1 is 1.45 bits per heavy atom. The summed E-state index contributed by atoms with van der Waals surface area (Å²) in [6.07, 6.45) is 2.24.